The molecule has 0 amide bonds. The van der Waals surface area contributed by atoms with Crippen LogP contribution in [-0.2, 0) is 15.7 Å². The number of fused-ring (bicyclic) bond motifs is 1. The van der Waals surface area contributed by atoms with Crippen LogP contribution in [0.3, 0.4) is 0 Å². The summed E-state index contributed by atoms with van der Waals surface area (Å²) >= 11 is 0. The predicted octanol–water partition coefficient (Wildman–Crippen LogP) is 5.21. The van der Waals surface area contributed by atoms with E-state index in [0.29, 0.717) is 0 Å². The summed E-state index contributed by atoms with van der Waals surface area (Å²) in [5, 5.41) is -0.0737. The van der Waals surface area contributed by atoms with Crippen LogP contribution in [0.15, 0.2) is 51.7 Å². The number of hydrogen-bond donors (Lipinski definition) is 0. The van der Waals surface area contributed by atoms with Crippen molar-refractivity contribution in [2.45, 2.75) is 32.5 Å². The summed E-state index contributed by atoms with van der Waals surface area (Å²) < 4.78 is 62.4. The van der Waals surface area contributed by atoms with E-state index in [1.807, 2.05) is 0 Å². The molecule has 9 heteroatoms. The Hall–Kier alpha value is -3.49. The molecular weight excluding hydrogens is 429 g/mol. The van der Waals surface area contributed by atoms with E-state index in [4.69, 9.17) is 18.6 Å². The third-order valence-corrected chi connectivity index (χ3v) is 4.70. The molecule has 0 saturated heterocycles. The van der Waals surface area contributed by atoms with Gasteiger partial charge in [-0.2, -0.15) is 13.2 Å². The lowest BCUT2D eigenvalue weighted by Crippen LogP contribution is -2.28. The van der Waals surface area contributed by atoms with Gasteiger partial charge in [0, 0.05) is 11.6 Å². The maximum atomic E-state index is 13.9. The largest absolute Gasteiger partial charge is 0.496 e. The highest BCUT2D eigenvalue weighted by Crippen LogP contribution is 2.40. The van der Waals surface area contributed by atoms with Crippen LogP contribution >= 0.6 is 0 Å². The van der Waals surface area contributed by atoms with Crippen LogP contribution < -0.4 is 14.9 Å². The summed E-state index contributed by atoms with van der Waals surface area (Å²) in [6, 6.07) is 9.73. The van der Waals surface area contributed by atoms with Gasteiger partial charge in [0.15, 0.2) is 6.10 Å². The third-order valence-electron chi connectivity index (χ3n) is 4.70. The minimum absolute atomic E-state index is 0.0355. The van der Waals surface area contributed by atoms with E-state index in [2.05, 4.69) is 0 Å². The summed E-state index contributed by atoms with van der Waals surface area (Å²) in [5.74, 6) is -1.88. The monoisotopic (exact) mass is 450 g/mol. The van der Waals surface area contributed by atoms with Crippen molar-refractivity contribution >= 4 is 16.9 Å². The number of halogens is 3. The molecule has 1 heterocycles. The Morgan fingerprint density at radius 2 is 1.84 bits per heavy atom. The molecular formula is C23H21F3O6. The number of rotatable bonds is 7. The van der Waals surface area contributed by atoms with Gasteiger partial charge in [-0.1, -0.05) is 25.1 Å². The van der Waals surface area contributed by atoms with E-state index in [-0.39, 0.29) is 41.1 Å². The predicted molar refractivity (Wildman–Crippen MR) is 111 cm³/mol. The quantitative estimate of drug-likeness (QED) is 0.460. The topological polar surface area (TPSA) is 75.0 Å². The number of alkyl halides is 3. The second-order valence-corrected chi connectivity index (χ2v) is 6.76. The maximum Gasteiger partial charge on any atom is 0.450 e. The highest BCUT2D eigenvalue weighted by Gasteiger charge is 2.40. The molecule has 0 aliphatic rings. The SMILES string of the molecule is CCOC(=O)C(CC)Oc1ccc2c(=O)c(-c3ccccc3OC)c(C(F)(F)F)oc2c1. The van der Waals surface area contributed by atoms with Crippen molar-refractivity contribution in [2.75, 3.05) is 13.7 Å². The first-order chi connectivity index (χ1) is 15.2. The lowest BCUT2D eigenvalue weighted by molar-refractivity contribution is -0.152. The van der Waals surface area contributed by atoms with Gasteiger partial charge in [-0.15, -0.1) is 0 Å². The molecule has 2 aromatic carbocycles. The molecule has 0 fully saturated rings. The standard InChI is InChI=1S/C23H21F3O6/c1-4-16(22(28)30-5-2)31-13-10-11-15-18(12-13)32-21(23(24,25)26)19(20(15)27)14-8-6-7-9-17(14)29-3/h6-12,16H,4-5H2,1-3H3. The van der Waals surface area contributed by atoms with Crippen molar-refractivity contribution in [1.82, 2.24) is 0 Å². The third kappa shape index (κ3) is 4.56. The number of methoxy groups -OCH3 is 1. The smallest absolute Gasteiger partial charge is 0.450 e. The Labute approximate surface area is 181 Å². The molecule has 0 bridgehead atoms. The summed E-state index contributed by atoms with van der Waals surface area (Å²) in [6.45, 7) is 3.50. The molecule has 1 aromatic heterocycles. The fourth-order valence-corrected chi connectivity index (χ4v) is 3.24. The van der Waals surface area contributed by atoms with Gasteiger partial charge >= 0.3 is 12.1 Å². The van der Waals surface area contributed by atoms with E-state index in [0.717, 1.165) is 6.07 Å². The van der Waals surface area contributed by atoms with Crippen LogP contribution in [0.2, 0.25) is 0 Å². The Morgan fingerprint density at radius 1 is 1.12 bits per heavy atom. The zero-order chi connectivity index (χ0) is 23.5. The first-order valence-electron chi connectivity index (χ1n) is 9.85. The van der Waals surface area contributed by atoms with Crippen LogP contribution in [-0.4, -0.2) is 25.8 Å². The van der Waals surface area contributed by atoms with Gasteiger partial charge in [-0.25, -0.2) is 4.79 Å². The lowest BCUT2D eigenvalue weighted by atomic mass is 10.0. The molecule has 6 nitrogen and oxygen atoms in total. The second kappa shape index (κ2) is 9.33. The van der Waals surface area contributed by atoms with Crippen molar-refractivity contribution in [3.05, 3.63) is 58.4 Å². The van der Waals surface area contributed by atoms with Crippen molar-refractivity contribution < 1.29 is 36.6 Å². The minimum Gasteiger partial charge on any atom is -0.496 e. The van der Waals surface area contributed by atoms with Gasteiger partial charge in [-0.3, -0.25) is 4.79 Å². The van der Waals surface area contributed by atoms with Gasteiger partial charge in [0.25, 0.3) is 0 Å². The molecule has 3 rings (SSSR count). The molecule has 0 N–H and O–H groups in total. The summed E-state index contributed by atoms with van der Waals surface area (Å²) in [7, 11) is 1.30. The van der Waals surface area contributed by atoms with Gasteiger partial charge in [-0.05, 0) is 31.5 Å². The number of ether oxygens (including phenoxy) is 3. The Kier molecular flexibility index (Phi) is 6.76. The van der Waals surface area contributed by atoms with E-state index in [9.17, 15) is 22.8 Å². The average Bonchev–Trinajstić information content (AvgIpc) is 2.76. The van der Waals surface area contributed by atoms with Crippen molar-refractivity contribution in [1.29, 1.82) is 0 Å². The molecule has 0 aliphatic carbocycles. The maximum absolute atomic E-state index is 13.9. The first kappa shape index (κ1) is 23.2. The Bertz CT molecular complexity index is 1180. The normalized spacial score (nSPS) is 12.4. The van der Waals surface area contributed by atoms with Crippen molar-refractivity contribution in [3.63, 3.8) is 0 Å². The number of benzene rings is 2. The molecule has 1 unspecified atom stereocenters. The summed E-state index contributed by atoms with van der Waals surface area (Å²) in [4.78, 5) is 25.1. The van der Waals surface area contributed by atoms with E-state index in [1.54, 1.807) is 19.9 Å². The average molecular weight is 450 g/mol. The van der Waals surface area contributed by atoms with Crippen molar-refractivity contribution in [3.8, 4) is 22.6 Å². The van der Waals surface area contributed by atoms with Crippen LogP contribution in [0.1, 0.15) is 26.0 Å². The van der Waals surface area contributed by atoms with Gasteiger partial charge in [0.2, 0.25) is 11.2 Å². The summed E-state index contributed by atoms with van der Waals surface area (Å²) in [5.41, 5.74) is -1.87. The van der Waals surface area contributed by atoms with Crippen LogP contribution in [0.5, 0.6) is 11.5 Å². The second-order valence-electron chi connectivity index (χ2n) is 6.76. The Balaban J connectivity index is 2.18. The van der Waals surface area contributed by atoms with Gasteiger partial charge in [0.1, 0.15) is 17.1 Å². The van der Waals surface area contributed by atoms with Crippen LogP contribution in [0.25, 0.3) is 22.1 Å². The molecule has 170 valence electrons. The van der Waals surface area contributed by atoms with Gasteiger partial charge in [0.05, 0.1) is 24.7 Å². The highest BCUT2D eigenvalue weighted by molar-refractivity contribution is 5.85. The molecule has 1 atom stereocenters. The van der Waals surface area contributed by atoms with E-state index >= 15 is 0 Å². The number of para-hydroxylation sites is 1. The van der Waals surface area contributed by atoms with Gasteiger partial charge < -0.3 is 18.6 Å². The highest BCUT2D eigenvalue weighted by atomic mass is 19.4. The molecule has 32 heavy (non-hydrogen) atoms. The molecule has 0 spiro atoms. The minimum atomic E-state index is -4.95. The number of esters is 1. The zero-order valence-corrected chi connectivity index (χ0v) is 17.6. The molecule has 3 aromatic rings. The molecule has 0 saturated carbocycles. The lowest BCUT2D eigenvalue weighted by Gasteiger charge is -2.17. The fraction of sp³-hybridized carbons (Fsp3) is 0.304. The van der Waals surface area contributed by atoms with E-state index < -0.39 is 35.0 Å². The first-order valence-corrected chi connectivity index (χ1v) is 9.85. The number of carbonyl (C=O) groups is 1. The van der Waals surface area contributed by atoms with Crippen LogP contribution in [0.4, 0.5) is 13.2 Å². The number of carbonyl (C=O) groups excluding carboxylic acids is 1. The summed E-state index contributed by atoms with van der Waals surface area (Å²) in [6.07, 6.45) is -5.62. The Morgan fingerprint density at radius 3 is 2.47 bits per heavy atom. The molecule has 0 aliphatic heterocycles. The number of hydrogen-bond acceptors (Lipinski definition) is 6. The molecule has 0 radical (unpaired) electrons. The zero-order valence-electron chi connectivity index (χ0n) is 17.6. The van der Waals surface area contributed by atoms with Crippen LogP contribution in [0, 0.1) is 0 Å². The van der Waals surface area contributed by atoms with E-state index in [1.165, 1.54) is 37.4 Å². The van der Waals surface area contributed by atoms with Crippen molar-refractivity contribution in [2.24, 2.45) is 0 Å². The fourth-order valence-electron chi connectivity index (χ4n) is 3.24.